The summed E-state index contributed by atoms with van der Waals surface area (Å²) in [5.74, 6) is 0. The second-order valence-corrected chi connectivity index (χ2v) is 4.36. The topological polar surface area (TPSA) is 69.6 Å². The zero-order valence-corrected chi connectivity index (χ0v) is 9.36. The highest BCUT2D eigenvalue weighted by atomic mass is 79.9. The van der Waals surface area contributed by atoms with Gasteiger partial charge in [-0.15, -0.1) is 0 Å². The second-order valence-electron chi connectivity index (χ2n) is 3.51. The van der Waals surface area contributed by atoms with Crippen LogP contribution >= 0.6 is 15.9 Å². The first-order valence-electron chi connectivity index (χ1n) is 4.54. The number of benzene rings is 1. The van der Waals surface area contributed by atoms with E-state index >= 15 is 0 Å². The first kappa shape index (κ1) is 10.4. The number of carboxylic acid groups (broad SMARTS) is 1. The van der Waals surface area contributed by atoms with Gasteiger partial charge in [0.2, 0.25) is 0 Å². The van der Waals surface area contributed by atoms with Crippen LogP contribution in [-0.4, -0.2) is 22.4 Å². The smallest absolute Gasteiger partial charge is 0.405 e. The fraction of sp³-hybridized carbons (Fsp3) is 0.300. The lowest BCUT2D eigenvalue weighted by Gasteiger charge is -2.15. The van der Waals surface area contributed by atoms with Gasteiger partial charge in [0.05, 0.1) is 12.1 Å². The van der Waals surface area contributed by atoms with Crippen molar-refractivity contribution >= 4 is 22.0 Å². The Bertz CT molecular complexity index is 408. The van der Waals surface area contributed by atoms with E-state index in [4.69, 9.17) is 5.11 Å². The van der Waals surface area contributed by atoms with Crippen LogP contribution in [0.4, 0.5) is 4.79 Å². The van der Waals surface area contributed by atoms with E-state index in [0.29, 0.717) is 6.42 Å². The third-order valence-electron chi connectivity index (χ3n) is 2.57. The van der Waals surface area contributed by atoms with Gasteiger partial charge in [0.15, 0.2) is 0 Å². The summed E-state index contributed by atoms with van der Waals surface area (Å²) >= 11 is 3.38. The maximum absolute atomic E-state index is 10.6. The van der Waals surface area contributed by atoms with Crippen LogP contribution in [0, 0.1) is 0 Å². The first-order valence-corrected chi connectivity index (χ1v) is 5.33. The van der Waals surface area contributed by atoms with Gasteiger partial charge in [-0.2, -0.15) is 0 Å². The molecule has 0 fully saturated rings. The molecule has 0 unspecified atom stereocenters. The Morgan fingerprint density at radius 1 is 1.53 bits per heavy atom. The minimum Gasteiger partial charge on any atom is -0.465 e. The molecule has 0 spiro atoms. The number of aliphatic hydroxyl groups excluding tert-OH is 1. The molecule has 80 valence electrons. The van der Waals surface area contributed by atoms with Gasteiger partial charge in [-0.3, -0.25) is 0 Å². The fourth-order valence-corrected chi connectivity index (χ4v) is 2.47. The number of halogens is 1. The van der Waals surface area contributed by atoms with Crippen molar-refractivity contribution in [2.75, 3.05) is 0 Å². The van der Waals surface area contributed by atoms with Gasteiger partial charge in [-0.1, -0.05) is 28.1 Å². The van der Waals surface area contributed by atoms with Crippen molar-refractivity contribution in [1.29, 1.82) is 0 Å². The van der Waals surface area contributed by atoms with Crippen LogP contribution in [0.3, 0.4) is 0 Å². The predicted molar refractivity (Wildman–Crippen MR) is 57.8 cm³/mol. The summed E-state index contributed by atoms with van der Waals surface area (Å²) in [6.07, 6.45) is -1.33. The Kier molecular flexibility index (Phi) is 2.67. The van der Waals surface area contributed by atoms with E-state index in [1.165, 1.54) is 0 Å². The molecular formula is C10H10BrNO3. The van der Waals surface area contributed by atoms with Gasteiger partial charge in [-0.25, -0.2) is 4.79 Å². The number of rotatable bonds is 1. The Balaban J connectivity index is 2.37. The Labute approximate surface area is 95.1 Å². The lowest BCUT2D eigenvalue weighted by atomic mass is 10.1. The largest absolute Gasteiger partial charge is 0.465 e. The molecular weight excluding hydrogens is 262 g/mol. The Hall–Kier alpha value is -1.07. The molecule has 1 aromatic carbocycles. The summed E-state index contributed by atoms with van der Waals surface area (Å²) in [6, 6.07) is 5.03. The Morgan fingerprint density at radius 3 is 2.93 bits per heavy atom. The molecule has 1 aliphatic rings. The molecule has 4 nitrogen and oxygen atoms in total. The molecule has 0 bridgehead atoms. The van der Waals surface area contributed by atoms with E-state index in [2.05, 4.69) is 21.2 Å². The van der Waals surface area contributed by atoms with Gasteiger partial charge in [-0.05, 0) is 17.2 Å². The third kappa shape index (κ3) is 1.85. The van der Waals surface area contributed by atoms with E-state index in [-0.39, 0.29) is 0 Å². The molecule has 0 saturated heterocycles. The standard InChI is InChI=1S/C10H10BrNO3/c11-7-3-1-2-5-6(7)4-8(13)9(5)12-10(14)15/h1-3,8-9,12-13H,4H2,(H,14,15)/t8-,9-/m1/s1. The van der Waals surface area contributed by atoms with Gasteiger partial charge in [0, 0.05) is 10.9 Å². The van der Waals surface area contributed by atoms with Crippen molar-refractivity contribution in [2.45, 2.75) is 18.6 Å². The van der Waals surface area contributed by atoms with Crippen LogP contribution in [-0.2, 0) is 6.42 Å². The van der Waals surface area contributed by atoms with E-state index in [9.17, 15) is 9.90 Å². The van der Waals surface area contributed by atoms with Crippen LogP contribution in [0.2, 0.25) is 0 Å². The van der Waals surface area contributed by atoms with E-state index in [1.54, 1.807) is 0 Å². The molecule has 1 aromatic rings. The molecule has 2 rings (SSSR count). The molecule has 2 atom stereocenters. The van der Waals surface area contributed by atoms with Crippen LogP contribution < -0.4 is 5.32 Å². The van der Waals surface area contributed by atoms with Crippen molar-refractivity contribution in [3.05, 3.63) is 33.8 Å². The summed E-state index contributed by atoms with van der Waals surface area (Å²) < 4.78 is 0.911. The van der Waals surface area contributed by atoms with Crippen LogP contribution in [0.1, 0.15) is 17.2 Å². The van der Waals surface area contributed by atoms with E-state index in [0.717, 1.165) is 15.6 Å². The molecule has 0 saturated carbocycles. The van der Waals surface area contributed by atoms with Crippen LogP contribution in [0.25, 0.3) is 0 Å². The normalized spacial score (nSPS) is 23.6. The van der Waals surface area contributed by atoms with Crippen molar-refractivity contribution in [3.8, 4) is 0 Å². The summed E-state index contributed by atoms with van der Waals surface area (Å²) in [6.45, 7) is 0. The fourth-order valence-electron chi connectivity index (χ4n) is 1.92. The molecule has 3 N–H and O–H groups in total. The van der Waals surface area contributed by atoms with Crippen LogP contribution in [0.5, 0.6) is 0 Å². The average Bonchev–Trinajstić information content (AvgIpc) is 2.45. The van der Waals surface area contributed by atoms with Crippen LogP contribution in [0.15, 0.2) is 22.7 Å². The zero-order chi connectivity index (χ0) is 11.0. The molecule has 1 aliphatic carbocycles. The van der Waals surface area contributed by atoms with Gasteiger partial charge in [0.25, 0.3) is 0 Å². The quantitative estimate of drug-likeness (QED) is 0.728. The highest BCUT2D eigenvalue weighted by molar-refractivity contribution is 9.10. The van der Waals surface area contributed by atoms with Crippen molar-refractivity contribution in [2.24, 2.45) is 0 Å². The van der Waals surface area contributed by atoms with E-state index < -0.39 is 18.2 Å². The maximum Gasteiger partial charge on any atom is 0.405 e. The molecule has 0 aromatic heterocycles. The molecule has 5 heteroatoms. The lowest BCUT2D eigenvalue weighted by Crippen LogP contribution is -2.32. The first-order chi connectivity index (χ1) is 7.09. The summed E-state index contributed by atoms with van der Waals surface area (Å²) in [4.78, 5) is 10.6. The number of carbonyl (C=O) groups is 1. The van der Waals surface area contributed by atoms with Gasteiger partial charge in [0.1, 0.15) is 0 Å². The number of aliphatic hydroxyl groups is 1. The average molecular weight is 272 g/mol. The number of hydrogen-bond acceptors (Lipinski definition) is 2. The van der Waals surface area contributed by atoms with E-state index in [1.807, 2.05) is 18.2 Å². The lowest BCUT2D eigenvalue weighted by molar-refractivity contribution is 0.131. The third-order valence-corrected chi connectivity index (χ3v) is 3.31. The second kappa shape index (κ2) is 3.83. The Morgan fingerprint density at radius 2 is 2.27 bits per heavy atom. The van der Waals surface area contributed by atoms with Gasteiger partial charge < -0.3 is 15.5 Å². The summed E-state index contributed by atoms with van der Waals surface area (Å²) in [5, 5.41) is 20.7. The number of hydrogen-bond donors (Lipinski definition) is 3. The molecule has 0 heterocycles. The van der Waals surface area contributed by atoms with Crippen molar-refractivity contribution < 1.29 is 15.0 Å². The summed E-state index contributed by atoms with van der Waals surface area (Å²) in [5.41, 5.74) is 1.82. The zero-order valence-electron chi connectivity index (χ0n) is 7.77. The molecule has 0 aliphatic heterocycles. The minimum atomic E-state index is -1.12. The number of nitrogens with one attached hydrogen (secondary N) is 1. The molecule has 0 radical (unpaired) electrons. The summed E-state index contributed by atoms with van der Waals surface area (Å²) in [7, 11) is 0. The maximum atomic E-state index is 10.6. The molecule has 1 amide bonds. The monoisotopic (exact) mass is 271 g/mol. The van der Waals surface area contributed by atoms with Gasteiger partial charge >= 0.3 is 6.09 Å². The number of amides is 1. The minimum absolute atomic E-state index is 0.474. The number of fused-ring (bicyclic) bond motifs is 1. The predicted octanol–water partition coefficient (Wildman–Crippen LogP) is 1.67. The highest BCUT2D eigenvalue weighted by Gasteiger charge is 2.33. The molecule has 15 heavy (non-hydrogen) atoms. The van der Waals surface area contributed by atoms with Crippen molar-refractivity contribution in [3.63, 3.8) is 0 Å². The highest BCUT2D eigenvalue weighted by Crippen LogP contribution is 2.35. The van der Waals surface area contributed by atoms with Crippen molar-refractivity contribution in [1.82, 2.24) is 5.32 Å². The SMILES string of the molecule is O=C(O)N[C@@H]1c2cccc(Br)c2C[C@H]1O.